The van der Waals surface area contributed by atoms with Crippen LogP contribution in [0.25, 0.3) is 0 Å². The van der Waals surface area contributed by atoms with E-state index in [9.17, 15) is 14.7 Å². The summed E-state index contributed by atoms with van der Waals surface area (Å²) in [5, 5.41) is 12.2. The lowest BCUT2D eigenvalue weighted by Crippen LogP contribution is -2.34. The monoisotopic (exact) mass is 347 g/mol. The lowest BCUT2D eigenvalue weighted by molar-refractivity contribution is -0.142. The minimum atomic E-state index is -0.960. The van der Waals surface area contributed by atoms with Crippen LogP contribution >= 0.6 is 0 Å². The number of carboxylic acids is 1. The van der Waals surface area contributed by atoms with E-state index in [4.69, 9.17) is 4.74 Å². The second-order valence-corrected chi connectivity index (χ2v) is 7.29. The third-order valence-corrected chi connectivity index (χ3v) is 4.98. The molecule has 0 bridgehead atoms. The number of hydrogen-bond acceptors (Lipinski definition) is 3. The van der Waals surface area contributed by atoms with E-state index >= 15 is 0 Å². The van der Waals surface area contributed by atoms with Crippen molar-refractivity contribution in [3.63, 3.8) is 0 Å². The Hall–Kier alpha value is -1.88. The number of carbonyl (C=O) groups is 2. The van der Waals surface area contributed by atoms with Gasteiger partial charge >= 0.3 is 5.97 Å². The highest BCUT2D eigenvalue weighted by Gasteiger charge is 2.29. The number of aliphatic carboxylic acids is 1. The van der Waals surface area contributed by atoms with E-state index in [0.29, 0.717) is 17.7 Å². The number of anilines is 1. The first kappa shape index (κ1) is 19.4. The molecule has 0 heterocycles. The summed E-state index contributed by atoms with van der Waals surface area (Å²) in [5.41, 5.74) is 0.391. The Morgan fingerprint density at radius 1 is 1.20 bits per heavy atom. The topological polar surface area (TPSA) is 75.6 Å². The van der Waals surface area contributed by atoms with Crippen LogP contribution < -0.4 is 5.32 Å². The zero-order valence-electron chi connectivity index (χ0n) is 15.4. The quantitative estimate of drug-likeness (QED) is 0.778. The summed E-state index contributed by atoms with van der Waals surface area (Å²) in [7, 11) is 0. The van der Waals surface area contributed by atoms with Gasteiger partial charge < -0.3 is 15.2 Å². The summed E-state index contributed by atoms with van der Waals surface area (Å²) in [5.74, 6) is -1.02. The predicted molar refractivity (Wildman–Crippen MR) is 97.8 cm³/mol. The third kappa shape index (κ3) is 5.05. The molecule has 0 spiro atoms. The summed E-state index contributed by atoms with van der Waals surface area (Å²) < 4.78 is 5.99. The number of ether oxygens (including phenoxy) is 1. The van der Waals surface area contributed by atoms with Gasteiger partial charge in [-0.3, -0.25) is 9.59 Å². The standard InChI is InChI=1S/C20H29NO4/c1-4-17(25-16-8-6-5-7-9-16)18(22)21-15-12-10-14(11-13-15)20(2,3)19(23)24/h10-13,16-17H,4-9H2,1-3H3,(H,21,22)(H,23,24). The van der Waals surface area contributed by atoms with Crippen molar-refractivity contribution >= 4 is 17.6 Å². The lowest BCUT2D eigenvalue weighted by atomic mass is 9.85. The van der Waals surface area contributed by atoms with Crippen LogP contribution in [-0.2, 0) is 19.7 Å². The van der Waals surface area contributed by atoms with Gasteiger partial charge in [-0.1, -0.05) is 38.3 Å². The fourth-order valence-corrected chi connectivity index (χ4v) is 3.09. The van der Waals surface area contributed by atoms with Crippen molar-refractivity contribution in [2.24, 2.45) is 0 Å². The molecule has 1 unspecified atom stereocenters. The average Bonchev–Trinajstić information content (AvgIpc) is 2.60. The molecule has 1 atom stereocenters. The van der Waals surface area contributed by atoms with E-state index in [2.05, 4.69) is 5.32 Å². The average molecular weight is 347 g/mol. The van der Waals surface area contributed by atoms with Crippen LogP contribution in [0.2, 0.25) is 0 Å². The van der Waals surface area contributed by atoms with Crippen molar-refractivity contribution in [3.05, 3.63) is 29.8 Å². The minimum absolute atomic E-state index is 0.140. The highest BCUT2D eigenvalue weighted by atomic mass is 16.5. The Morgan fingerprint density at radius 3 is 2.32 bits per heavy atom. The summed E-state index contributed by atoms with van der Waals surface area (Å²) in [6, 6.07) is 6.97. The van der Waals surface area contributed by atoms with Crippen LogP contribution in [-0.4, -0.2) is 29.2 Å². The number of carboxylic acid groups (broad SMARTS) is 1. The predicted octanol–water partition coefficient (Wildman–Crippen LogP) is 4.12. The van der Waals surface area contributed by atoms with Crippen molar-refractivity contribution in [3.8, 4) is 0 Å². The highest BCUT2D eigenvalue weighted by molar-refractivity contribution is 5.94. The van der Waals surface area contributed by atoms with Crippen molar-refractivity contribution in [2.75, 3.05) is 5.32 Å². The molecule has 1 aliphatic rings. The fourth-order valence-electron chi connectivity index (χ4n) is 3.09. The van der Waals surface area contributed by atoms with Gasteiger partial charge in [0.15, 0.2) is 0 Å². The molecular weight excluding hydrogens is 318 g/mol. The number of carbonyl (C=O) groups excluding carboxylic acids is 1. The highest BCUT2D eigenvalue weighted by Crippen LogP contribution is 2.25. The van der Waals surface area contributed by atoms with E-state index in [0.717, 1.165) is 12.8 Å². The molecule has 25 heavy (non-hydrogen) atoms. The molecule has 0 radical (unpaired) electrons. The Labute approximate surface area is 149 Å². The zero-order valence-corrected chi connectivity index (χ0v) is 15.4. The zero-order chi connectivity index (χ0) is 18.4. The molecule has 138 valence electrons. The van der Waals surface area contributed by atoms with E-state index in [1.165, 1.54) is 19.3 Å². The normalized spacial score (nSPS) is 17.1. The fraction of sp³-hybridized carbons (Fsp3) is 0.600. The van der Waals surface area contributed by atoms with Gasteiger partial charge in [0.2, 0.25) is 0 Å². The van der Waals surface area contributed by atoms with Crippen molar-refractivity contribution < 1.29 is 19.4 Å². The first-order chi connectivity index (χ1) is 11.8. The van der Waals surface area contributed by atoms with E-state index in [1.807, 2.05) is 6.92 Å². The van der Waals surface area contributed by atoms with Gasteiger partial charge in [-0.25, -0.2) is 0 Å². The maximum Gasteiger partial charge on any atom is 0.313 e. The lowest BCUT2D eigenvalue weighted by Gasteiger charge is -2.26. The summed E-state index contributed by atoms with van der Waals surface area (Å²) >= 11 is 0. The van der Waals surface area contributed by atoms with Crippen LogP contribution in [0.3, 0.4) is 0 Å². The molecule has 5 nitrogen and oxygen atoms in total. The Bertz CT molecular complexity index is 588. The maximum absolute atomic E-state index is 12.5. The van der Waals surface area contributed by atoms with E-state index < -0.39 is 17.5 Å². The van der Waals surface area contributed by atoms with Crippen LogP contribution in [0.5, 0.6) is 0 Å². The molecule has 1 aliphatic carbocycles. The van der Waals surface area contributed by atoms with Gasteiger partial charge in [0.25, 0.3) is 5.91 Å². The van der Waals surface area contributed by atoms with Crippen molar-refractivity contribution in [1.29, 1.82) is 0 Å². The Morgan fingerprint density at radius 2 is 1.80 bits per heavy atom. The SMILES string of the molecule is CCC(OC1CCCCC1)C(=O)Nc1ccc(C(C)(C)C(=O)O)cc1. The second-order valence-electron chi connectivity index (χ2n) is 7.29. The van der Waals surface area contributed by atoms with Crippen LogP contribution in [0.4, 0.5) is 5.69 Å². The van der Waals surface area contributed by atoms with Gasteiger partial charge in [-0.05, 0) is 50.8 Å². The van der Waals surface area contributed by atoms with Gasteiger partial charge in [0, 0.05) is 5.69 Å². The molecule has 5 heteroatoms. The van der Waals surface area contributed by atoms with Gasteiger partial charge in [0.05, 0.1) is 11.5 Å². The van der Waals surface area contributed by atoms with Gasteiger partial charge in [-0.2, -0.15) is 0 Å². The molecule has 2 N–H and O–H groups in total. The summed E-state index contributed by atoms with van der Waals surface area (Å²) in [4.78, 5) is 23.8. The largest absolute Gasteiger partial charge is 0.481 e. The molecule has 0 saturated heterocycles. The molecule has 1 aromatic rings. The third-order valence-electron chi connectivity index (χ3n) is 4.98. The van der Waals surface area contributed by atoms with Crippen molar-refractivity contribution in [1.82, 2.24) is 0 Å². The molecular formula is C20H29NO4. The molecule has 1 fully saturated rings. The van der Waals surface area contributed by atoms with Gasteiger partial charge in [0.1, 0.15) is 6.10 Å². The number of nitrogens with one attached hydrogen (secondary N) is 1. The first-order valence-corrected chi connectivity index (χ1v) is 9.15. The number of hydrogen-bond donors (Lipinski definition) is 2. The van der Waals surface area contributed by atoms with Crippen LogP contribution in [0.1, 0.15) is 64.9 Å². The van der Waals surface area contributed by atoms with Crippen molar-refractivity contribution in [2.45, 2.75) is 76.9 Å². The second kappa shape index (κ2) is 8.48. The molecule has 0 aliphatic heterocycles. The van der Waals surface area contributed by atoms with Crippen LogP contribution in [0.15, 0.2) is 24.3 Å². The number of benzene rings is 1. The van der Waals surface area contributed by atoms with E-state index in [1.54, 1.807) is 38.1 Å². The molecule has 1 aromatic carbocycles. The molecule has 0 aromatic heterocycles. The maximum atomic E-state index is 12.5. The molecule has 2 rings (SSSR count). The van der Waals surface area contributed by atoms with E-state index in [-0.39, 0.29) is 12.0 Å². The summed E-state index contributed by atoms with van der Waals surface area (Å²) in [6.45, 7) is 5.27. The first-order valence-electron chi connectivity index (χ1n) is 9.15. The number of rotatable bonds is 7. The number of amides is 1. The summed E-state index contributed by atoms with van der Waals surface area (Å²) in [6.07, 6.45) is 6.02. The smallest absolute Gasteiger partial charge is 0.313 e. The molecule has 1 saturated carbocycles. The van der Waals surface area contributed by atoms with Crippen LogP contribution in [0, 0.1) is 0 Å². The Kier molecular flexibility index (Phi) is 6.59. The van der Waals surface area contributed by atoms with Gasteiger partial charge in [-0.15, -0.1) is 0 Å². The Balaban J connectivity index is 1.97. The minimum Gasteiger partial charge on any atom is -0.481 e. The molecule has 1 amide bonds.